The molecule has 94 valence electrons. The molecule has 1 N–H and O–H groups in total. The fourth-order valence-electron chi connectivity index (χ4n) is 1.92. The number of hydrogen-bond acceptors (Lipinski definition) is 3. The minimum Gasteiger partial charge on any atom is -0.507 e. The van der Waals surface area contributed by atoms with Gasteiger partial charge in [-0.05, 0) is 36.4 Å². The van der Waals surface area contributed by atoms with Crippen LogP contribution >= 0.6 is 23.4 Å². The summed E-state index contributed by atoms with van der Waals surface area (Å²) in [5, 5.41) is 10.3. The molecule has 0 unspecified atom stereocenters. The van der Waals surface area contributed by atoms with Crippen LogP contribution in [0.5, 0.6) is 5.75 Å². The minimum absolute atomic E-state index is 0.0139. The number of phenolic OH excluding ortho intramolecular Hbond substituents is 1. The third-order valence-corrected chi connectivity index (χ3v) is 4.19. The van der Waals surface area contributed by atoms with Gasteiger partial charge >= 0.3 is 0 Å². The monoisotopic (exact) mass is 288 g/mol. The standard InChI is InChI=1S/C15H9ClO2S/c16-10-5-6-12(17)9(7-10)8-14-15(18)11-3-1-2-4-13(11)19-14/h1-8,17H. The highest BCUT2D eigenvalue weighted by Gasteiger charge is 2.25. The van der Waals surface area contributed by atoms with Crippen molar-refractivity contribution in [3.05, 3.63) is 63.5 Å². The Morgan fingerprint density at radius 3 is 2.74 bits per heavy atom. The predicted octanol–water partition coefficient (Wildman–Crippen LogP) is 4.38. The van der Waals surface area contributed by atoms with Gasteiger partial charge < -0.3 is 5.11 Å². The summed E-state index contributed by atoms with van der Waals surface area (Å²) in [7, 11) is 0. The first kappa shape index (κ1) is 12.3. The molecule has 2 aromatic carbocycles. The van der Waals surface area contributed by atoms with Gasteiger partial charge in [0.2, 0.25) is 5.78 Å². The molecule has 0 amide bonds. The number of thioether (sulfide) groups is 1. The van der Waals surface area contributed by atoms with Crippen LogP contribution in [0.4, 0.5) is 0 Å². The zero-order chi connectivity index (χ0) is 13.4. The van der Waals surface area contributed by atoms with Gasteiger partial charge in [0.05, 0.1) is 4.91 Å². The van der Waals surface area contributed by atoms with Crippen molar-refractivity contribution in [2.75, 3.05) is 0 Å². The Morgan fingerprint density at radius 2 is 1.95 bits per heavy atom. The summed E-state index contributed by atoms with van der Waals surface area (Å²) >= 11 is 7.31. The Balaban J connectivity index is 2.03. The zero-order valence-electron chi connectivity index (χ0n) is 9.76. The maximum absolute atomic E-state index is 12.2. The Bertz CT molecular complexity index is 707. The summed E-state index contributed by atoms with van der Waals surface area (Å²) in [5.74, 6) is 0.0984. The lowest BCUT2D eigenvalue weighted by Crippen LogP contribution is -1.93. The van der Waals surface area contributed by atoms with E-state index in [1.165, 1.54) is 17.8 Å². The molecule has 1 aliphatic heterocycles. The third kappa shape index (κ3) is 2.27. The number of hydrogen-bond donors (Lipinski definition) is 1. The van der Waals surface area contributed by atoms with Crippen molar-refractivity contribution < 1.29 is 9.90 Å². The van der Waals surface area contributed by atoms with Crippen molar-refractivity contribution in [1.82, 2.24) is 0 Å². The molecular weight excluding hydrogens is 280 g/mol. The molecule has 2 nitrogen and oxygen atoms in total. The number of carbonyl (C=O) groups excluding carboxylic acids is 1. The van der Waals surface area contributed by atoms with E-state index in [1.807, 2.05) is 24.3 Å². The number of rotatable bonds is 1. The van der Waals surface area contributed by atoms with Crippen LogP contribution in [0.25, 0.3) is 6.08 Å². The van der Waals surface area contributed by atoms with Gasteiger partial charge in [-0.25, -0.2) is 0 Å². The number of benzene rings is 2. The first-order valence-corrected chi connectivity index (χ1v) is 6.86. The van der Waals surface area contributed by atoms with Gasteiger partial charge in [0.1, 0.15) is 5.75 Å². The highest BCUT2D eigenvalue weighted by atomic mass is 35.5. The lowest BCUT2D eigenvalue weighted by molar-refractivity contribution is 0.104. The summed E-state index contributed by atoms with van der Waals surface area (Å²) in [5.41, 5.74) is 1.26. The van der Waals surface area contributed by atoms with Crippen molar-refractivity contribution in [1.29, 1.82) is 0 Å². The molecule has 1 heterocycles. The number of carbonyl (C=O) groups is 1. The van der Waals surface area contributed by atoms with E-state index in [1.54, 1.807) is 18.2 Å². The Morgan fingerprint density at radius 1 is 1.16 bits per heavy atom. The molecule has 2 aromatic rings. The first-order chi connectivity index (χ1) is 9.15. The van der Waals surface area contributed by atoms with Gasteiger partial charge in [0.15, 0.2) is 0 Å². The quantitative estimate of drug-likeness (QED) is 0.792. The molecule has 0 spiro atoms. The molecule has 0 aromatic heterocycles. The van der Waals surface area contributed by atoms with E-state index >= 15 is 0 Å². The van der Waals surface area contributed by atoms with E-state index in [0.717, 1.165) is 4.90 Å². The van der Waals surface area contributed by atoms with E-state index in [9.17, 15) is 9.90 Å². The second-order valence-electron chi connectivity index (χ2n) is 4.14. The van der Waals surface area contributed by atoms with Crippen molar-refractivity contribution in [3.63, 3.8) is 0 Å². The normalized spacial score (nSPS) is 15.8. The molecular formula is C15H9ClO2S. The van der Waals surface area contributed by atoms with Gasteiger partial charge in [-0.2, -0.15) is 0 Å². The van der Waals surface area contributed by atoms with Gasteiger partial charge in [-0.3, -0.25) is 4.79 Å². The Hall–Kier alpha value is -1.71. The molecule has 0 bridgehead atoms. The number of Topliss-reactive ketones (excluding diaryl/α,β-unsaturated/α-hetero) is 1. The highest BCUT2D eigenvalue weighted by Crippen LogP contribution is 2.41. The van der Waals surface area contributed by atoms with Crippen LogP contribution in [-0.2, 0) is 0 Å². The number of halogens is 1. The maximum Gasteiger partial charge on any atom is 0.200 e. The summed E-state index contributed by atoms with van der Waals surface area (Å²) in [4.78, 5) is 13.7. The van der Waals surface area contributed by atoms with Crippen LogP contribution in [0.1, 0.15) is 15.9 Å². The molecule has 0 atom stereocenters. The smallest absolute Gasteiger partial charge is 0.200 e. The second-order valence-corrected chi connectivity index (χ2v) is 5.66. The van der Waals surface area contributed by atoms with E-state index in [-0.39, 0.29) is 11.5 Å². The van der Waals surface area contributed by atoms with Crippen LogP contribution in [0.3, 0.4) is 0 Å². The van der Waals surface area contributed by atoms with Gasteiger partial charge in [-0.15, -0.1) is 0 Å². The number of allylic oxidation sites excluding steroid dienone is 1. The number of fused-ring (bicyclic) bond motifs is 1. The topological polar surface area (TPSA) is 37.3 Å². The lowest BCUT2D eigenvalue weighted by Gasteiger charge is -2.01. The fourth-order valence-corrected chi connectivity index (χ4v) is 3.14. The minimum atomic E-state index is -0.0139. The van der Waals surface area contributed by atoms with Crippen LogP contribution < -0.4 is 0 Å². The largest absolute Gasteiger partial charge is 0.507 e. The molecule has 0 saturated carbocycles. The number of ketones is 1. The highest BCUT2D eigenvalue weighted by molar-refractivity contribution is 8.04. The van der Waals surface area contributed by atoms with Crippen molar-refractivity contribution in [2.45, 2.75) is 4.90 Å². The molecule has 0 aliphatic carbocycles. The first-order valence-electron chi connectivity index (χ1n) is 5.67. The lowest BCUT2D eigenvalue weighted by atomic mass is 10.1. The SMILES string of the molecule is O=C1C(=Cc2cc(Cl)ccc2O)Sc2ccccc21. The van der Waals surface area contributed by atoms with Gasteiger partial charge in [0.25, 0.3) is 0 Å². The molecule has 19 heavy (non-hydrogen) atoms. The summed E-state index contributed by atoms with van der Waals surface area (Å²) < 4.78 is 0. The van der Waals surface area contributed by atoms with E-state index in [4.69, 9.17) is 11.6 Å². The van der Waals surface area contributed by atoms with E-state index in [0.29, 0.717) is 21.1 Å². The maximum atomic E-state index is 12.2. The predicted molar refractivity (Wildman–Crippen MR) is 77.7 cm³/mol. The van der Waals surface area contributed by atoms with E-state index in [2.05, 4.69) is 0 Å². The average Bonchev–Trinajstić information content (AvgIpc) is 2.72. The summed E-state index contributed by atoms with van der Waals surface area (Å²) in [6.07, 6.45) is 1.67. The summed E-state index contributed by atoms with van der Waals surface area (Å²) in [6.45, 7) is 0. The molecule has 0 fully saturated rings. The average molecular weight is 289 g/mol. The van der Waals surface area contributed by atoms with Gasteiger partial charge in [-0.1, -0.05) is 35.5 Å². The van der Waals surface area contributed by atoms with Crippen molar-refractivity contribution in [3.8, 4) is 5.75 Å². The molecule has 0 radical (unpaired) electrons. The molecule has 1 aliphatic rings. The van der Waals surface area contributed by atoms with Crippen molar-refractivity contribution >= 4 is 35.2 Å². The molecule has 3 rings (SSSR count). The number of aromatic hydroxyl groups is 1. The van der Waals surface area contributed by atoms with Crippen LogP contribution in [0.2, 0.25) is 5.02 Å². The van der Waals surface area contributed by atoms with Gasteiger partial charge in [0, 0.05) is 21.0 Å². The third-order valence-electron chi connectivity index (χ3n) is 2.85. The van der Waals surface area contributed by atoms with Crippen LogP contribution in [0, 0.1) is 0 Å². The summed E-state index contributed by atoms with van der Waals surface area (Å²) in [6, 6.07) is 12.2. The van der Waals surface area contributed by atoms with E-state index < -0.39 is 0 Å². The molecule has 0 saturated heterocycles. The number of phenols is 1. The van der Waals surface area contributed by atoms with Crippen molar-refractivity contribution in [2.24, 2.45) is 0 Å². The molecule has 4 heteroatoms. The zero-order valence-corrected chi connectivity index (χ0v) is 11.3. The fraction of sp³-hybridized carbons (Fsp3) is 0. The second kappa shape index (κ2) is 4.76. The Kier molecular flexibility index (Phi) is 3.09. The van der Waals surface area contributed by atoms with Crippen LogP contribution in [0.15, 0.2) is 52.3 Å². The van der Waals surface area contributed by atoms with Crippen LogP contribution in [-0.4, -0.2) is 10.9 Å². The Labute approximate surface area is 119 Å².